The van der Waals surface area contributed by atoms with Gasteiger partial charge in [-0.2, -0.15) is 17.5 Å². The van der Waals surface area contributed by atoms with E-state index in [4.69, 9.17) is 39.2 Å². The zero-order valence-electron chi connectivity index (χ0n) is 19.3. The molecule has 0 saturated heterocycles. The van der Waals surface area contributed by atoms with Crippen LogP contribution in [0, 0.1) is 0 Å². The Morgan fingerprint density at radius 3 is 2.11 bits per heavy atom. The molecule has 0 atom stereocenters. The van der Waals surface area contributed by atoms with Crippen molar-refractivity contribution in [1.82, 2.24) is 4.31 Å². The molecular formula is C26H18Cl3F3N2O3S. The Kier molecular flexibility index (Phi) is 8.54. The smallest absolute Gasteiger partial charge is 0.417 e. The Bertz CT molecular complexity index is 1550. The Balaban J connectivity index is 1.58. The number of hydrogen-bond donors (Lipinski definition) is 0. The summed E-state index contributed by atoms with van der Waals surface area (Å²) in [6, 6.07) is 18.9. The molecule has 0 saturated carbocycles. The van der Waals surface area contributed by atoms with Gasteiger partial charge in [-0.3, -0.25) is 4.99 Å². The maximum absolute atomic E-state index is 13.5. The summed E-state index contributed by atoms with van der Waals surface area (Å²) < 4.78 is 73.2. The van der Waals surface area contributed by atoms with E-state index in [9.17, 15) is 21.6 Å². The lowest BCUT2D eigenvalue weighted by Gasteiger charge is -2.21. The highest BCUT2D eigenvalue weighted by Crippen LogP contribution is 2.36. The van der Waals surface area contributed by atoms with Gasteiger partial charge in [-0.15, -0.1) is 0 Å². The number of nitrogens with zero attached hydrogens (tertiary/aromatic N) is 2. The van der Waals surface area contributed by atoms with Crippen molar-refractivity contribution in [1.29, 1.82) is 0 Å². The minimum Gasteiger partial charge on any atom is -0.459 e. The third-order valence-electron chi connectivity index (χ3n) is 5.33. The fourth-order valence-corrected chi connectivity index (χ4v) is 5.32. The van der Waals surface area contributed by atoms with Crippen molar-refractivity contribution in [3.8, 4) is 0 Å². The molecule has 0 radical (unpaired) electrons. The molecule has 4 aromatic rings. The molecular weight excluding hydrogens is 584 g/mol. The highest BCUT2D eigenvalue weighted by Gasteiger charge is 2.33. The summed E-state index contributed by atoms with van der Waals surface area (Å²) >= 11 is 17.5. The van der Waals surface area contributed by atoms with Gasteiger partial charge in [0.25, 0.3) is 0 Å². The lowest BCUT2D eigenvalue weighted by Crippen LogP contribution is -2.30. The molecule has 4 rings (SSSR count). The lowest BCUT2D eigenvalue weighted by atomic mass is 10.2. The molecule has 0 aliphatic heterocycles. The van der Waals surface area contributed by atoms with Gasteiger partial charge in [-0.25, -0.2) is 8.42 Å². The van der Waals surface area contributed by atoms with Gasteiger partial charge in [-0.05, 0) is 72.3 Å². The van der Waals surface area contributed by atoms with E-state index in [1.165, 1.54) is 46.9 Å². The van der Waals surface area contributed by atoms with Crippen molar-refractivity contribution in [2.45, 2.75) is 24.2 Å². The summed E-state index contributed by atoms with van der Waals surface area (Å²) in [4.78, 5) is 4.08. The second-order valence-electron chi connectivity index (χ2n) is 8.08. The van der Waals surface area contributed by atoms with Crippen LogP contribution in [0.5, 0.6) is 0 Å². The van der Waals surface area contributed by atoms with Gasteiger partial charge in [0.1, 0.15) is 11.5 Å². The van der Waals surface area contributed by atoms with Crippen molar-refractivity contribution in [2.24, 2.45) is 4.99 Å². The van der Waals surface area contributed by atoms with Crippen LogP contribution < -0.4 is 0 Å². The number of aliphatic imine (C=N–C) groups is 1. The van der Waals surface area contributed by atoms with Gasteiger partial charge in [0.2, 0.25) is 10.0 Å². The molecule has 198 valence electrons. The molecule has 5 nitrogen and oxygen atoms in total. The van der Waals surface area contributed by atoms with Crippen LogP contribution in [0.3, 0.4) is 0 Å². The number of alkyl halides is 3. The molecule has 0 N–H and O–H groups in total. The van der Waals surface area contributed by atoms with Gasteiger partial charge in [0.15, 0.2) is 0 Å². The molecule has 0 unspecified atom stereocenters. The van der Waals surface area contributed by atoms with Crippen molar-refractivity contribution in [3.63, 3.8) is 0 Å². The minimum absolute atomic E-state index is 0.0226. The van der Waals surface area contributed by atoms with Gasteiger partial charge in [0.05, 0.1) is 33.9 Å². The molecule has 0 aliphatic carbocycles. The molecule has 1 heterocycles. The van der Waals surface area contributed by atoms with Gasteiger partial charge in [-0.1, -0.05) is 46.9 Å². The van der Waals surface area contributed by atoms with E-state index in [-0.39, 0.29) is 29.4 Å². The van der Waals surface area contributed by atoms with E-state index in [1.54, 1.807) is 30.3 Å². The number of furan rings is 1. The Labute approximate surface area is 232 Å². The van der Waals surface area contributed by atoms with Crippen molar-refractivity contribution < 1.29 is 26.0 Å². The number of benzene rings is 3. The number of rotatable bonds is 8. The molecule has 0 spiro atoms. The monoisotopic (exact) mass is 600 g/mol. The summed E-state index contributed by atoms with van der Waals surface area (Å²) in [7, 11) is -3.96. The first-order valence-corrected chi connectivity index (χ1v) is 13.5. The van der Waals surface area contributed by atoms with Gasteiger partial charge in [0, 0.05) is 16.6 Å². The Morgan fingerprint density at radius 2 is 1.47 bits per heavy atom. The standard InChI is InChI=1S/C26H18Cl3F3N2O3S/c27-18-3-1-17(2-4-18)15-34(38(35,36)23-10-5-19(28)6-11-23)16-22-9-8-21(37-22)14-33-20-7-12-25(29)24(13-20)26(30,31)32/h1-14H,15-16H2. The maximum atomic E-state index is 13.5. The molecule has 1 aromatic heterocycles. The first-order chi connectivity index (χ1) is 17.9. The largest absolute Gasteiger partial charge is 0.459 e. The van der Waals surface area contributed by atoms with Crippen LogP contribution in [0.4, 0.5) is 18.9 Å². The molecule has 0 aliphatic rings. The second-order valence-corrected chi connectivity index (χ2v) is 11.3. The van der Waals surface area contributed by atoms with E-state index < -0.39 is 26.8 Å². The molecule has 0 bridgehead atoms. The van der Waals surface area contributed by atoms with Crippen LogP contribution in [0.1, 0.15) is 22.6 Å². The van der Waals surface area contributed by atoms with Crippen LogP contribution in [-0.2, 0) is 29.3 Å². The summed E-state index contributed by atoms with van der Waals surface area (Å²) in [6.45, 7) is -0.0994. The summed E-state index contributed by atoms with van der Waals surface area (Å²) in [5.41, 5.74) is -0.281. The third kappa shape index (κ3) is 6.98. The second kappa shape index (κ2) is 11.5. The maximum Gasteiger partial charge on any atom is 0.417 e. The first-order valence-electron chi connectivity index (χ1n) is 10.9. The number of hydrogen-bond acceptors (Lipinski definition) is 4. The Morgan fingerprint density at radius 1 is 0.842 bits per heavy atom. The number of halogens is 6. The third-order valence-corrected chi connectivity index (χ3v) is 7.97. The van der Waals surface area contributed by atoms with Crippen LogP contribution in [0.2, 0.25) is 15.1 Å². The zero-order chi connectivity index (χ0) is 27.5. The van der Waals surface area contributed by atoms with Crippen molar-refractivity contribution in [3.05, 3.63) is 117 Å². The van der Waals surface area contributed by atoms with Crippen LogP contribution >= 0.6 is 34.8 Å². The highest BCUT2D eigenvalue weighted by atomic mass is 35.5. The molecule has 12 heteroatoms. The fourth-order valence-electron chi connectivity index (χ4n) is 3.45. The predicted octanol–water partition coefficient (Wildman–Crippen LogP) is 8.40. The average molecular weight is 602 g/mol. The van der Waals surface area contributed by atoms with E-state index in [1.807, 2.05) is 0 Å². The summed E-state index contributed by atoms with van der Waals surface area (Å²) in [6.07, 6.45) is -3.38. The Hall–Kier alpha value is -2.82. The van der Waals surface area contributed by atoms with Crippen LogP contribution in [0.25, 0.3) is 0 Å². The molecule has 38 heavy (non-hydrogen) atoms. The lowest BCUT2D eigenvalue weighted by molar-refractivity contribution is -0.137. The SMILES string of the molecule is O=S(=O)(c1ccc(Cl)cc1)N(Cc1ccc(Cl)cc1)Cc1ccc(C=Nc2ccc(Cl)c(C(F)(F)F)c2)o1. The molecule has 0 amide bonds. The van der Waals surface area contributed by atoms with Crippen LogP contribution in [0.15, 0.2) is 93.2 Å². The van der Waals surface area contributed by atoms with E-state index in [0.29, 0.717) is 21.4 Å². The summed E-state index contributed by atoms with van der Waals surface area (Å²) in [5.74, 6) is 0.517. The van der Waals surface area contributed by atoms with Gasteiger partial charge < -0.3 is 4.42 Å². The fraction of sp³-hybridized carbons (Fsp3) is 0.115. The zero-order valence-corrected chi connectivity index (χ0v) is 22.4. The summed E-state index contributed by atoms with van der Waals surface area (Å²) in [5, 5.41) is 0.476. The molecule has 0 fully saturated rings. The number of sulfonamides is 1. The van der Waals surface area contributed by atoms with E-state index in [2.05, 4.69) is 4.99 Å². The van der Waals surface area contributed by atoms with Crippen molar-refractivity contribution in [2.75, 3.05) is 0 Å². The highest BCUT2D eigenvalue weighted by molar-refractivity contribution is 7.89. The first kappa shape index (κ1) is 28.2. The van der Waals surface area contributed by atoms with E-state index in [0.717, 1.165) is 12.1 Å². The average Bonchev–Trinajstić information content (AvgIpc) is 3.31. The topological polar surface area (TPSA) is 62.9 Å². The van der Waals surface area contributed by atoms with E-state index >= 15 is 0 Å². The molecule has 3 aromatic carbocycles. The van der Waals surface area contributed by atoms with Gasteiger partial charge >= 0.3 is 6.18 Å². The minimum atomic E-state index is -4.62. The quantitative estimate of drug-likeness (QED) is 0.191. The normalized spacial score (nSPS) is 12.5. The van der Waals surface area contributed by atoms with Crippen molar-refractivity contribution >= 4 is 56.7 Å². The predicted molar refractivity (Wildman–Crippen MR) is 142 cm³/mol. The van der Waals surface area contributed by atoms with Crippen LogP contribution in [-0.4, -0.2) is 18.9 Å².